The van der Waals surface area contributed by atoms with Crippen molar-refractivity contribution < 1.29 is 14.8 Å². The van der Waals surface area contributed by atoms with Crippen molar-refractivity contribution in [1.29, 1.82) is 0 Å². The van der Waals surface area contributed by atoms with Crippen molar-refractivity contribution in [3.05, 3.63) is 28.3 Å². The molecule has 0 amide bonds. The lowest BCUT2D eigenvalue weighted by Crippen LogP contribution is -2.27. The second-order valence-corrected chi connectivity index (χ2v) is 4.67. The third-order valence-electron chi connectivity index (χ3n) is 3.48. The number of hydrogen-bond donors (Lipinski definition) is 2. The van der Waals surface area contributed by atoms with Gasteiger partial charge in [-0.2, -0.15) is 0 Å². The number of aliphatic hydroxyl groups is 1. The third-order valence-corrected chi connectivity index (χ3v) is 3.48. The molecule has 0 heterocycles. The maximum absolute atomic E-state index is 10.8. The molecule has 6 nitrogen and oxygen atoms in total. The smallest absolute Gasteiger partial charge is 0.311 e. The van der Waals surface area contributed by atoms with E-state index in [1.807, 2.05) is 13.8 Å². The largest absolute Gasteiger partial charge is 0.490 e. The van der Waals surface area contributed by atoms with Gasteiger partial charge >= 0.3 is 5.69 Å². The fourth-order valence-corrected chi connectivity index (χ4v) is 2.16. The van der Waals surface area contributed by atoms with E-state index in [0.717, 1.165) is 12.8 Å². The van der Waals surface area contributed by atoms with Gasteiger partial charge in [0.2, 0.25) is 0 Å². The second-order valence-electron chi connectivity index (χ2n) is 4.67. The van der Waals surface area contributed by atoms with Crippen LogP contribution >= 0.6 is 0 Å². The van der Waals surface area contributed by atoms with E-state index in [9.17, 15) is 15.2 Å². The van der Waals surface area contributed by atoms with Crippen LogP contribution in [0.5, 0.6) is 5.75 Å². The lowest BCUT2D eigenvalue weighted by atomic mass is 9.96. The molecule has 2 N–H and O–H groups in total. The quantitative estimate of drug-likeness (QED) is 0.565. The van der Waals surface area contributed by atoms with E-state index < -0.39 is 11.0 Å². The zero-order valence-corrected chi connectivity index (χ0v) is 12.1. The minimum atomic E-state index is -0.484. The van der Waals surface area contributed by atoms with Crippen LogP contribution in [0.1, 0.15) is 26.7 Å². The van der Waals surface area contributed by atoms with E-state index in [-0.39, 0.29) is 17.4 Å². The Morgan fingerprint density at radius 3 is 2.55 bits per heavy atom. The van der Waals surface area contributed by atoms with Gasteiger partial charge in [-0.25, -0.2) is 0 Å². The highest BCUT2D eigenvalue weighted by molar-refractivity contribution is 5.57. The fourth-order valence-electron chi connectivity index (χ4n) is 2.16. The predicted octanol–water partition coefficient (Wildman–Crippen LogP) is 2.81. The van der Waals surface area contributed by atoms with Crippen molar-refractivity contribution in [2.45, 2.75) is 32.8 Å². The van der Waals surface area contributed by atoms with E-state index in [1.54, 1.807) is 12.1 Å². The first-order chi connectivity index (χ1) is 9.53. The average molecular weight is 282 g/mol. The number of methoxy groups -OCH3 is 1. The van der Waals surface area contributed by atoms with Crippen molar-refractivity contribution in [2.75, 3.05) is 19.0 Å². The Labute approximate surface area is 118 Å². The van der Waals surface area contributed by atoms with Gasteiger partial charge in [0.15, 0.2) is 5.75 Å². The highest BCUT2D eigenvalue weighted by atomic mass is 16.6. The molecular weight excluding hydrogens is 260 g/mol. The number of anilines is 1. The van der Waals surface area contributed by atoms with E-state index in [4.69, 9.17) is 4.74 Å². The topological polar surface area (TPSA) is 84.6 Å². The number of nitrogens with zero attached hydrogens (tertiary/aromatic N) is 1. The summed E-state index contributed by atoms with van der Waals surface area (Å²) in [7, 11) is 1.39. The number of benzene rings is 1. The van der Waals surface area contributed by atoms with Gasteiger partial charge in [0.25, 0.3) is 0 Å². The van der Waals surface area contributed by atoms with Crippen molar-refractivity contribution in [1.82, 2.24) is 0 Å². The molecule has 0 aliphatic carbocycles. The summed E-state index contributed by atoms with van der Waals surface area (Å²) < 4.78 is 5.00. The Balaban J connectivity index is 2.72. The Hall–Kier alpha value is -1.82. The van der Waals surface area contributed by atoms with E-state index in [1.165, 1.54) is 13.2 Å². The molecule has 1 rings (SSSR count). The number of aliphatic hydroxyl groups excluding tert-OH is 1. The lowest BCUT2D eigenvalue weighted by Gasteiger charge is -2.21. The van der Waals surface area contributed by atoms with Crippen LogP contribution in [0.25, 0.3) is 0 Å². The molecule has 112 valence electrons. The van der Waals surface area contributed by atoms with Crippen molar-refractivity contribution in [2.24, 2.45) is 5.92 Å². The normalized spacial score (nSPS) is 12.2. The summed E-state index contributed by atoms with van der Waals surface area (Å²) in [5.41, 5.74) is 0.621. The molecule has 1 atom stereocenters. The maximum atomic E-state index is 10.8. The average Bonchev–Trinajstić information content (AvgIpc) is 2.45. The molecule has 0 aliphatic heterocycles. The summed E-state index contributed by atoms with van der Waals surface area (Å²) in [4.78, 5) is 10.3. The first kappa shape index (κ1) is 16.2. The van der Waals surface area contributed by atoms with Gasteiger partial charge in [-0.05, 0) is 12.0 Å². The molecule has 0 aliphatic rings. The molecule has 0 spiro atoms. The molecule has 0 bridgehead atoms. The van der Waals surface area contributed by atoms with Gasteiger partial charge < -0.3 is 15.2 Å². The molecule has 0 aromatic heterocycles. The summed E-state index contributed by atoms with van der Waals surface area (Å²) in [5.74, 6) is 0.458. The Kier molecular flexibility index (Phi) is 6.24. The van der Waals surface area contributed by atoms with E-state index in [0.29, 0.717) is 12.2 Å². The van der Waals surface area contributed by atoms with Crippen LogP contribution in [-0.4, -0.2) is 29.8 Å². The number of rotatable bonds is 8. The van der Waals surface area contributed by atoms with Gasteiger partial charge in [-0.1, -0.05) is 26.7 Å². The Morgan fingerprint density at radius 2 is 2.05 bits per heavy atom. The van der Waals surface area contributed by atoms with Gasteiger partial charge in [-0.3, -0.25) is 10.1 Å². The molecular formula is C14H22N2O4. The number of nitro benzene ring substituents is 1. The van der Waals surface area contributed by atoms with Crippen LogP contribution in [-0.2, 0) is 0 Å². The minimum absolute atomic E-state index is 0.0707. The van der Waals surface area contributed by atoms with Crippen LogP contribution in [0.2, 0.25) is 0 Å². The van der Waals surface area contributed by atoms with Crippen molar-refractivity contribution in [3.8, 4) is 5.75 Å². The van der Waals surface area contributed by atoms with E-state index in [2.05, 4.69) is 5.32 Å². The molecule has 0 radical (unpaired) electrons. The molecule has 6 heteroatoms. The van der Waals surface area contributed by atoms with Gasteiger partial charge in [0, 0.05) is 24.4 Å². The van der Waals surface area contributed by atoms with Gasteiger partial charge in [0.05, 0.1) is 18.1 Å². The second kappa shape index (κ2) is 7.69. The Bertz CT molecular complexity index is 447. The fraction of sp³-hybridized carbons (Fsp3) is 0.571. The monoisotopic (exact) mass is 282 g/mol. The summed E-state index contributed by atoms with van der Waals surface area (Å²) in [5, 5.41) is 23.9. The van der Waals surface area contributed by atoms with Crippen molar-refractivity contribution >= 4 is 11.4 Å². The molecule has 1 aromatic carbocycles. The standard InChI is InChI=1S/C14H22N2O4/c1-4-10(5-2)13(17)9-15-11-6-7-12(16(18)19)14(8-11)20-3/h6-8,10,13,15,17H,4-5,9H2,1-3H3. The number of hydrogen-bond acceptors (Lipinski definition) is 5. The molecule has 0 saturated carbocycles. The predicted molar refractivity (Wildman–Crippen MR) is 78.2 cm³/mol. The maximum Gasteiger partial charge on any atom is 0.311 e. The highest BCUT2D eigenvalue weighted by Crippen LogP contribution is 2.29. The van der Waals surface area contributed by atoms with Crippen LogP contribution in [0, 0.1) is 16.0 Å². The van der Waals surface area contributed by atoms with Crippen LogP contribution in [0.15, 0.2) is 18.2 Å². The molecule has 0 saturated heterocycles. The molecule has 20 heavy (non-hydrogen) atoms. The summed E-state index contributed by atoms with van der Waals surface area (Å²) in [6, 6.07) is 4.57. The third kappa shape index (κ3) is 4.09. The van der Waals surface area contributed by atoms with Crippen LogP contribution in [0.4, 0.5) is 11.4 Å². The summed E-state index contributed by atoms with van der Waals surface area (Å²) in [6.07, 6.45) is 1.40. The summed E-state index contributed by atoms with van der Waals surface area (Å²) in [6.45, 7) is 4.51. The summed E-state index contributed by atoms with van der Waals surface area (Å²) >= 11 is 0. The van der Waals surface area contributed by atoms with Crippen molar-refractivity contribution in [3.63, 3.8) is 0 Å². The first-order valence-electron chi connectivity index (χ1n) is 6.77. The van der Waals surface area contributed by atoms with Crippen LogP contribution < -0.4 is 10.1 Å². The van der Waals surface area contributed by atoms with Crippen LogP contribution in [0.3, 0.4) is 0 Å². The van der Waals surface area contributed by atoms with Gasteiger partial charge in [-0.15, -0.1) is 0 Å². The van der Waals surface area contributed by atoms with Gasteiger partial charge in [0.1, 0.15) is 0 Å². The SMILES string of the molecule is CCC(CC)C(O)CNc1ccc([N+](=O)[O-])c(OC)c1. The zero-order chi connectivity index (χ0) is 15.1. The zero-order valence-electron chi connectivity index (χ0n) is 12.1. The number of nitro groups is 1. The highest BCUT2D eigenvalue weighted by Gasteiger charge is 2.17. The minimum Gasteiger partial charge on any atom is -0.490 e. The first-order valence-corrected chi connectivity index (χ1v) is 6.77. The van der Waals surface area contributed by atoms with E-state index >= 15 is 0 Å². The lowest BCUT2D eigenvalue weighted by molar-refractivity contribution is -0.385. The number of ether oxygens (including phenoxy) is 1. The molecule has 0 fully saturated rings. The molecule has 1 aromatic rings. The number of nitrogens with one attached hydrogen (secondary N) is 1. The molecule has 1 unspecified atom stereocenters. The Morgan fingerprint density at radius 1 is 1.40 bits per heavy atom.